The summed E-state index contributed by atoms with van der Waals surface area (Å²) in [5.74, 6) is 0.409. The van der Waals surface area contributed by atoms with E-state index in [-0.39, 0.29) is 24.1 Å². The molecule has 0 spiro atoms. The number of carbonyl (C=O) groups excluding carboxylic acids is 2. The second-order valence-corrected chi connectivity index (χ2v) is 7.65. The van der Waals surface area contributed by atoms with Crippen LogP contribution in [0.15, 0.2) is 28.6 Å². The second kappa shape index (κ2) is 7.96. The van der Waals surface area contributed by atoms with Gasteiger partial charge in [-0.3, -0.25) is 9.59 Å². The number of thioether (sulfide) groups is 1. The van der Waals surface area contributed by atoms with Crippen LogP contribution >= 0.6 is 34.7 Å². The predicted molar refractivity (Wildman–Crippen MR) is 97.1 cm³/mol. The fourth-order valence-electron chi connectivity index (χ4n) is 2.38. The Morgan fingerprint density at radius 1 is 1.33 bits per heavy atom. The highest BCUT2D eigenvalue weighted by atomic mass is 35.5. The van der Waals surface area contributed by atoms with Crippen molar-refractivity contribution in [3.05, 3.63) is 29.8 Å². The number of halogens is 1. The summed E-state index contributed by atoms with van der Waals surface area (Å²) < 4.78 is 0.650. The largest absolute Gasteiger partial charge is 0.311 e. The highest BCUT2D eigenvalue weighted by Crippen LogP contribution is 2.30. The zero-order valence-electron chi connectivity index (χ0n) is 12.7. The van der Waals surface area contributed by atoms with Crippen molar-refractivity contribution >= 4 is 57.3 Å². The van der Waals surface area contributed by atoms with Crippen LogP contribution in [-0.2, 0) is 16.0 Å². The molecule has 1 aromatic heterocycles. The maximum Gasteiger partial charge on any atom is 0.237 e. The zero-order chi connectivity index (χ0) is 16.9. The van der Waals surface area contributed by atoms with Crippen LogP contribution < -0.4 is 10.2 Å². The molecule has 2 aromatic rings. The third-order valence-electron chi connectivity index (χ3n) is 3.48. The lowest BCUT2D eigenvalue weighted by Crippen LogP contribution is -2.30. The Hall–Kier alpha value is -1.64. The average molecular weight is 383 g/mol. The van der Waals surface area contributed by atoms with Crippen molar-refractivity contribution in [2.45, 2.75) is 17.2 Å². The summed E-state index contributed by atoms with van der Waals surface area (Å²) in [5, 5.41) is 10.9. The smallest absolute Gasteiger partial charge is 0.237 e. The first-order valence-electron chi connectivity index (χ1n) is 7.38. The lowest BCUT2D eigenvalue weighted by atomic mass is 10.2. The quantitative estimate of drug-likeness (QED) is 0.472. The van der Waals surface area contributed by atoms with Crippen LogP contribution in [0.1, 0.15) is 12.0 Å². The van der Waals surface area contributed by atoms with Crippen molar-refractivity contribution in [1.82, 2.24) is 10.2 Å². The minimum absolute atomic E-state index is 0.0490. The summed E-state index contributed by atoms with van der Waals surface area (Å²) in [6, 6.07) is 7.96. The van der Waals surface area contributed by atoms with E-state index >= 15 is 0 Å². The summed E-state index contributed by atoms with van der Waals surface area (Å²) in [7, 11) is 0. The van der Waals surface area contributed by atoms with Crippen molar-refractivity contribution in [1.29, 1.82) is 0 Å². The van der Waals surface area contributed by atoms with Gasteiger partial charge in [0.15, 0.2) is 4.34 Å². The Morgan fingerprint density at radius 3 is 3.00 bits per heavy atom. The summed E-state index contributed by atoms with van der Waals surface area (Å²) >= 11 is 8.09. The Balaban J connectivity index is 1.54. The number of fused-ring (bicyclic) bond motifs is 1. The van der Waals surface area contributed by atoms with Gasteiger partial charge in [-0.2, -0.15) is 0 Å². The maximum atomic E-state index is 12.4. The van der Waals surface area contributed by atoms with Crippen LogP contribution in [0.25, 0.3) is 0 Å². The third-order valence-corrected chi connectivity index (χ3v) is 5.63. The molecule has 1 aliphatic rings. The van der Waals surface area contributed by atoms with Gasteiger partial charge in [-0.05, 0) is 18.1 Å². The Bertz CT molecular complexity index is 753. The number of anilines is 2. The van der Waals surface area contributed by atoms with Gasteiger partial charge in [0.2, 0.25) is 16.9 Å². The number of hydrogen-bond acceptors (Lipinski definition) is 6. The fraction of sp³-hybridized carbons (Fsp3) is 0.333. The normalized spacial score (nSPS) is 13.0. The summed E-state index contributed by atoms with van der Waals surface area (Å²) in [4.78, 5) is 25.7. The number of hydrogen-bond donors (Lipinski definition) is 1. The third kappa shape index (κ3) is 4.06. The lowest BCUT2D eigenvalue weighted by molar-refractivity contribution is -0.116. The van der Waals surface area contributed by atoms with Crippen molar-refractivity contribution in [3.63, 3.8) is 0 Å². The van der Waals surface area contributed by atoms with Crippen molar-refractivity contribution in [2.75, 3.05) is 28.4 Å². The highest BCUT2D eigenvalue weighted by molar-refractivity contribution is 8.01. The van der Waals surface area contributed by atoms with E-state index in [0.29, 0.717) is 21.8 Å². The predicted octanol–water partition coefficient (Wildman–Crippen LogP) is 2.79. The molecule has 0 atom stereocenters. The Labute approximate surface area is 152 Å². The van der Waals surface area contributed by atoms with Crippen molar-refractivity contribution in [2.24, 2.45) is 0 Å². The van der Waals surface area contributed by atoms with E-state index in [1.807, 2.05) is 23.1 Å². The van der Waals surface area contributed by atoms with E-state index in [0.717, 1.165) is 12.1 Å². The first-order chi connectivity index (χ1) is 11.7. The van der Waals surface area contributed by atoms with Crippen LogP contribution in [0, 0.1) is 0 Å². The van der Waals surface area contributed by atoms with E-state index in [2.05, 4.69) is 21.6 Å². The van der Waals surface area contributed by atoms with Gasteiger partial charge in [0, 0.05) is 24.5 Å². The van der Waals surface area contributed by atoms with Gasteiger partial charge in [-0.1, -0.05) is 41.3 Å². The minimum atomic E-state index is -0.192. The molecule has 0 saturated heterocycles. The molecule has 24 heavy (non-hydrogen) atoms. The van der Waals surface area contributed by atoms with E-state index in [1.165, 1.54) is 28.7 Å². The first-order valence-corrected chi connectivity index (χ1v) is 9.71. The van der Waals surface area contributed by atoms with Crippen LogP contribution in [0.3, 0.4) is 0 Å². The van der Waals surface area contributed by atoms with Gasteiger partial charge in [0.25, 0.3) is 0 Å². The van der Waals surface area contributed by atoms with E-state index in [9.17, 15) is 9.59 Å². The Kier molecular flexibility index (Phi) is 5.70. The van der Waals surface area contributed by atoms with E-state index in [4.69, 9.17) is 11.6 Å². The molecular formula is C15H15ClN4O2S2. The number of benzene rings is 1. The van der Waals surface area contributed by atoms with E-state index in [1.54, 1.807) is 0 Å². The van der Waals surface area contributed by atoms with Gasteiger partial charge in [-0.25, -0.2) is 0 Å². The van der Waals surface area contributed by atoms with Crippen LogP contribution in [0.2, 0.25) is 0 Å². The molecule has 2 amide bonds. The number of carbonyl (C=O) groups is 2. The standard InChI is InChI=1S/C15H15ClN4O2S2/c16-7-5-12(21)17-14-18-19-15(24-14)23-9-13(22)20-8-6-10-3-1-2-4-11(10)20/h1-4H,5-9H2,(H,17,18,21). The minimum Gasteiger partial charge on any atom is -0.311 e. The monoisotopic (exact) mass is 382 g/mol. The van der Waals surface area contributed by atoms with Crippen LogP contribution in [0.4, 0.5) is 10.8 Å². The van der Waals surface area contributed by atoms with Crippen LogP contribution in [0.5, 0.6) is 0 Å². The number of aromatic nitrogens is 2. The van der Waals surface area contributed by atoms with Gasteiger partial charge in [0.1, 0.15) is 0 Å². The highest BCUT2D eigenvalue weighted by Gasteiger charge is 2.24. The average Bonchev–Trinajstić information content (AvgIpc) is 3.19. The number of amides is 2. The molecule has 1 aliphatic heterocycles. The Morgan fingerprint density at radius 2 is 2.17 bits per heavy atom. The maximum absolute atomic E-state index is 12.4. The molecule has 0 radical (unpaired) electrons. The fourth-order valence-corrected chi connectivity index (χ4v) is 4.20. The number of nitrogens with zero attached hydrogens (tertiary/aromatic N) is 3. The van der Waals surface area contributed by atoms with E-state index < -0.39 is 0 Å². The molecule has 3 rings (SSSR count). The number of nitrogens with one attached hydrogen (secondary N) is 1. The molecule has 126 valence electrons. The molecule has 0 saturated carbocycles. The first kappa shape index (κ1) is 17.2. The van der Waals surface area contributed by atoms with Gasteiger partial charge in [0.05, 0.1) is 5.75 Å². The van der Waals surface area contributed by atoms with Crippen LogP contribution in [-0.4, -0.2) is 40.2 Å². The SMILES string of the molecule is O=C(CCCl)Nc1nnc(SCC(=O)N2CCc3ccccc32)s1. The van der Waals surface area contributed by atoms with Gasteiger partial charge in [-0.15, -0.1) is 21.8 Å². The molecule has 6 nitrogen and oxygen atoms in total. The van der Waals surface area contributed by atoms with Gasteiger partial charge >= 0.3 is 0 Å². The molecule has 9 heteroatoms. The summed E-state index contributed by atoms with van der Waals surface area (Å²) in [5.41, 5.74) is 2.20. The molecule has 0 bridgehead atoms. The van der Waals surface area contributed by atoms with Crippen molar-refractivity contribution < 1.29 is 9.59 Å². The molecule has 0 aliphatic carbocycles. The summed E-state index contributed by atoms with van der Waals surface area (Å²) in [6.07, 6.45) is 1.12. The molecule has 1 N–H and O–H groups in total. The zero-order valence-corrected chi connectivity index (χ0v) is 15.1. The number of para-hydroxylation sites is 1. The van der Waals surface area contributed by atoms with Gasteiger partial charge < -0.3 is 10.2 Å². The molecular weight excluding hydrogens is 368 g/mol. The lowest BCUT2D eigenvalue weighted by Gasteiger charge is -2.16. The number of rotatable bonds is 6. The van der Waals surface area contributed by atoms with Crippen molar-refractivity contribution in [3.8, 4) is 0 Å². The second-order valence-electron chi connectivity index (χ2n) is 5.07. The summed E-state index contributed by atoms with van der Waals surface area (Å²) in [6.45, 7) is 0.717. The molecule has 0 unspecified atom stereocenters. The molecule has 2 heterocycles. The molecule has 0 fully saturated rings. The topological polar surface area (TPSA) is 75.2 Å². The number of alkyl halides is 1. The molecule has 1 aromatic carbocycles.